The van der Waals surface area contributed by atoms with Gasteiger partial charge in [-0.05, 0) is 34.1 Å². The number of fused-ring (bicyclic) bond motifs is 1. The number of anilines is 1. The molecule has 1 aromatic heterocycles. The van der Waals surface area contributed by atoms with Crippen LogP contribution in [0.2, 0.25) is 0 Å². The summed E-state index contributed by atoms with van der Waals surface area (Å²) in [6.07, 6.45) is 0.854. The molecule has 2 aromatic rings. The first-order chi connectivity index (χ1) is 6.22. The lowest BCUT2D eigenvalue weighted by molar-refractivity contribution is 0.112. The molecule has 0 aliphatic carbocycles. The SMILES string of the molecule is Nc1ccc2sc(C=O)cc2c1Br. The van der Waals surface area contributed by atoms with Crippen molar-refractivity contribution in [3.05, 3.63) is 27.5 Å². The van der Waals surface area contributed by atoms with Crippen molar-refractivity contribution in [2.45, 2.75) is 0 Å². The van der Waals surface area contributed by atoms with E-state index in [1.54, 1.807) is 0 Å². The van der Waals surface area contributed by atoms with Crippen LogP contribution in [0.4, 0.5) is 5.69 Å². The maximum Gasteiger partial charge on any atom is 0.160 e. The zero-order valence-corrected chi connectivity index (χ0v) is 8.98. The molecule has 1 heterocycles. The number of hydrogen-bond donors (Lipinski definition) is 1. The summed E-state index contributed by atoms with van der Waals surface area (Å²) in [5.41, 5.74) is 6.40. The largest absolute Gasteiger partial charge is 0.398 e. The van der Waals surface area contributed by atoms with Gasteiger partial charge in [0.2, 0.25) is 0 Å². The van der Waals surface area contributed by atoms with E-state index in [0.29, 0.717) is 5.69 Å². The molecule has 0 spiro atoms. The van der Waals surface area contributed by atoms with Gasteiger partial charge in [-0.25, -0.2) is 0 Å². The number of carbonyl (C=O) groups excluding carboxylic acids is 1. The minimum Gasteiger partial charge on any atom is -0.398 e. The molecule has 13 heavy (non-hydrogen) atoms. The lowest BCUT2D eigenvalue weighted by Gasteiger charge is -1.97. The molecule has 2 nitrogen and oxygen atoms in total. The number of halogens is 1. The molecule has 2 N–H and O–H groups in total. The minimum atomic E-state index is 0.697. The van der Waals surface area contributed by atoms with E-state index in [-0.39, 0.29) is 0 Å². The van der Waals surface area contributed by atoms with E-state index in [1.165, 1.54) is 11.3 Å². The summed E-state index contributed by atoms with van der Waals surface area (Å²) in [6.45, 7) is 0. The van der Waals surface area contributed by atoms with Crippen LogP contribution in [0.25, 0.3) is 10.1 Å². The van der Waals surface area contributed by atoms with E-state index in [1.807, 2.05) is 18.2 Å². The molecule has 0 aliphatic rings. The van der Waals surface area contributed by atoms with Crippen LogP contribution in [0, 0.1) is 0 Å². The molecule has 0 saturated carbocycles. The zero-order valence-electron chi connectivity index (χ0n) is 6.58. The van der Waals surface area contributed by atoms with Crippen molar-refractivity contribution in [1.29, 1.82) is 0 Å². The van der Waals surface area contributed by atoms with Crippen molar-refractivity contribution in [2.24, 2.45) is 0 Å². The van der Waals surface area contributed by atoms with Crippen LogP contribution in [0.5, 0.6) is 0 Å². The van der Waals surface area contributed by atoms with E-state index in [4.69, 9.17) is 5.73 Å². The van der Waals surface area contributed by atoms with Gasteiger partial charge in [-0.1, -0.05) is 0 Å². The molecule has 0 fully saturated rings. The number of rotatable bonds is 1. The van der Waals surface area contributed by atoms with E-state index in [9.17, 15) is 4.79 Å². The zero-order chi connectivity index (χ0) is 9.42. The molecule has 4 heteroatoms. The number of benzene rings is 1. The van der Waals surface area contributed by atoms with Gasteiger partial charge in [0.25, 0.3) is 0 Å². The lowest BCUT2D eigenvalue weighted by Crippen LogP contribution is -1.84. The van der Waals surface area contributed by atoms with Crippen LogP contribution in [0.15, 0.2) is 22.7 Å². The smallest absolute Gasteiger partial charge is 0.160 e. The Kier molecular flexibility index (Phi) is 2.09. The summed E-state index contributed by atoms with van der Waals surface area (Å²) in [7, 11) is 0. The van der Waals surface area contributed by atoms with Crippen LogP contribution in [-0.4, -0.2) is 6.29 Å². The summed E-state index contributed by atoms with van der Waals surface area (Å²) in [6, 6.07) is 5.60. The van der Waals surface area contributed by atoms with Gasteiger partial charge in [-0.2, -0.15) is 0 Å². The average molecular weight is 256 g/mol. The van der Waals surface area contributed by atoms with Crippen LogP contribution in [0.1, 0.15) is 9.67 Å². The maximum absolute atomic E-state index is 10.5. The second kappa shape index (κ2) is 3.12. The number of nitrogen functional groups attached to an aromatic ring is 1. The summed E-state index contributed by atoms with van der Waals surface area (Å²) < 4.78 is 1.94. The predicted octanol–water partition coefficient (Wildman–Crippen LogP) is 3.06. The summed E-state index contributed by atoms with van der Waals surface area (Å²) in [5, 5.41) is 1.01. The number of carbonyl (C=O) groups is 1. The molecule has 0 saturated heterocycles. The fraction of sp³-hybridized carbons (Fsp3) is 0. The fourth-order valence-electron chi connectivity index (χ4n) is 1.17. The molecule has 2 rings (SSSR count). The highest BCUT2D eigenvalue weighted by atomic mass is 79.9. The second-order valence-corrected chi connectivity index (χ2v) is 4.56. The fourth-order valence-corrected chi connectivity index (χ4v) is 2.65. The van der Waals surface area contributed by atoms with Gasteiger partial charge in [0.1, 0.15) is 0 Å². The first-order valence-electron chi connectivity index (χ1n) is 3.65. The van der Waals surface area contributed by atoms with Gasteiger partial charge in [0.15, 0.2) is 6.29 Å². The molecule has 0 bridgehead atoms. The Labute approximate surface area is 87.5 Å². The van der Waals surface area contributed by atoms with Gasteiger partial charge in [0.05, 0.1) is 4.88 Å². The van der Waals surface area contributed by atoms with Gasteiger partial charge < -0.3 is 5.73 Å². The number of hydrogen-bond acceptors (Lipinski definition) is 3. The molecule has 0 radical (unpaired) electrons. The molecular weight excluding hydrogens is 250 g/mol. The minimum absolute atomic E-state index is 0.697. The highest BCUT2D eigenvalue weighted by Crippen LogP contribution is 2.34. The van der Waals surface area contributed by atoms with Gasteiger partial charge >= 0.3 is 0 Å². The third kappa shape index (κ3) is 1.36. The Hall–Kier alpha value is -0.870. The second-order valence-electron chi connectivity index (χ2n) is 2.65. The number of thiophene rings is 1. The van der Waals surface area contributed by atoms with Gasteiger partial charge in [0, 0.05) is 20.2 Å². The van der Waals surface area contributed by atoms with Crippen molar-refractivity contribution >= 4 is 49.3 Å². The van der Waals surface area contributed by atoms with Crippen molar-refractivity contribution in [2.75, 3.05) is 5.73 Å². The Morgan fingerprint density at radius 2 is 2.23 bits per heavy atom. The van der Waals surface area contributed by atoms with Crippen LogP contribution in [-0.2, 0) is 0 Å². The topological polar surface area (TPSA) is 43.1 Å². The Morgan fingerprint density at radius 3 is 2.92 bits per heavy atom. The van der Waals surface area contributed by atoms with E-state index >= 15 is 0 Å². The van der Waals surface area contributed by atoms with Crippen LogP contribution >= 0.6 is 27.3 Å². The highest BCUT2D eigenvalue weighted by molar-refractivity contribution is 9.10. The lowest BCUT2D eigenvalue weighted by atomic mass is 10.2. The van der Waals surface area contributed by atoms with Crippen molar-refractivity contribution in [1.82, 2.24) is 0 Å². The third-order valence-corrected chi connectivity index (χ3v) is 3.71. The Balaban J connectivity index is 2.83. The molecular formula is C9H6BrNOS. The Morgan fingerprint density at radius 1 is 1.46 bits per heavy atom. The third-order valence-electron chi connectivity index (χ3n) is 1.80. The van der Waals surface area contributed by atoms with Crippen molar-refractivity contribution in [3.8, 4) is 0 Å². The normalized spacial score (nSPS) is 10.5. The molecule has 0 unspecified atom stereocenters. The predicted molar refractivity (Wildman–Crippen MR) is 59.3 cm³/mol. The average Bonchev–Trinajstić information content (AvgIpc) is 2.55. The standard InChI is InChI=1S/C9H6BrNOS/c10-9-6-3-5(4-12)13-8(6)2-1-7(9)11/h1-4H,11H2. The van der Waals surface area contributed by atoms with E-state index in [0.717, 1.165) is 25.7 Å². The molecule has 1 aromatic carbocycles. The maximum atomic E-state index is 10.5. The van der Waals surface area contributed by atoms with Crippen molar-refractivity contribution in [3.63, 3.8) is 0 Å². The summed E-state index contributed by atoms with van der Waals surface area (Å²) in [4.78, 5) is 11.3. The number of nitrogens with two attached hydrogens (primary N) is 1. The highest BCUT2D eigenvalue weighted by Gasteiger charge is 2.06. The number of aldehydes is 1. The quantitative estimate of drug-likeness (QED) is 0.629. The van der Waals surface area contributed by atoms with E-state index in [2.05, 4.69) is 15.9 Å². The monoisotopic (exact) mass is 255 g/mol. The molecule has 66 valence electrons. The van der Waals surface area contributed by atoms with Crippen LogP contribution in [0.3, 0.4) is 0 Å². The molecule has 0 atom stereocenters. The first kappa shape index (κ1) is 8.72. The van der Waals surface area contributed by atoms with E-state index < -0.39 is 0 Å². The molecule has 0 aliphatic heterocycles. The van der Waals surface area contributed by atoms with Gasteiger partial charge in [-0.15, -0.1) is 11.3 Å². The first-order valence-corrected chi connectivity index (χ1v) is 5.26. The Bertz CT molecular complexity index is 478. The summed E-state index contributed by atoms with van der Waals surface area (Å²) in [5.74, 6) is 0. The molecule has 0 amide bonds. The summed E-state index contributed by atoms with van der Waals surface area (Å²) >= 11 is 4.86. The van der Waals surface area contributed by atoms with Crippen LogP contribution < -0.4 is 5.73 Å². The van der Waals surface area contributed by atoms with Crippen molar-refractivity contribution < 1.29 is 4.79 Å². The van der Waals surface area contributed by atoms with Gasteiger partial charge in [-0.3, -0.25) is 4.79 Å².